The van der Waals surface area contributed by atoms with Gasteiger partial charge in [0.1, 0.15) is 11.5 Å². The molecule has 0 bridgehead atoms. The van der Waals surface area contributed by atoms with Gasteiger partial charge in [-0.2, -0.15) is 0 Å². The van der Waals surface area contributed by atoms with Crippen LogP contribution >= 0.6 is 35.0 Å². The molecule has 1 aromatic heterocycles. The first kappa shape index (κ1) is 24.7. The van der Waals surface area contributed by atoms with Crippen molar-refractivity contribution in [3.63, 3.8) is 0 Å². The number of hydrogen-bond acceptors (Lipinski definition) is 7. The molecule has 0 radical (unpaired) electrons. The second kappa shape index (κ2) is 11.8. The predicted molar refractivity (Wildman–Crippen MR) is 128 cm³/mol. The molecule has 10 heteroatoms. The summed E-state index contributed by atoms with van der Waals surface area (Å²) in [4.78, 5) is 37.0. The number of halogens is 2. The number of rotatable bonds is 10. The minimum absolute atomic E-state index is 0.149. The minimum Gasteiger partial charge on any atom is -0.495 e. The summed E-state index contributed by atoms with van der Waals surface area (Å²) in [5.74, 6) is 0.442. The Kier molecular flexibility index (Phi) is 8.82. The van der Waals surface area contributed by atoms with E-state index in [0.29, 0.717) is 22.2 Å². The number of ether oxygens (including phenoxy) is 2. The van der Waals surface area contributed by atoms with E-state index in [1.54, 1.807) is 12.3 Å². The zero-order valence-corrected chi connectivity index (χ0v) is 19.8. The van der Waals surface area contributed by atoms with Crippen LogP contribution in [0.15, 0.2) is 59.2 Å². The molecule has 172 valence electrons. The number of ketones is 1. The Balaban J connectivity index is 1.58. The van der Waals surface area contributed by atoms with Crippen LogP contribution in [0.2, 0.25) is 10.0 Å². The Morgan fingerprint density at radius 2 is 1.82 bits per heavy atom. The molecular weight excluding hydrogens is 489 g/mol. The van der Waals surface area contributed by atoms with Crippen molar-refractivity contribution in [1.82, 2.24) is 0 Å². The summed E-state index contributed by atoms with van der Waals surface area (Å²) in [6.07, 6.45) is 1.57. The Morgan fingerprint density at radius 1 is 1.03 bits per heavy atom. The van der Waals surface area contributed by atoms with Gasteiger partial charge < -0.3 is 19.2 Å². The average molecular weight is 508 g/mol. The molecular formula is C23H19Cl2NO6S. The normalized spacial score (nSPS) is 10.5. The third-order valence-electron chi connectivity index (χ3n) is 4.34. The van der Waals surface area contributed by atoms with E-state index in [1.807, 2.05) is 6.07 Å². The number of carbonyl (C=O) groups excluding carboxylic acids is 3. The van der Waals surface area contributed by atoms with Gasteiger partial charge in [-0.25, -0.2) is 4.79 Å². The van der Waals surface area contributed by atoms with Crippen LogP contribution in [0, 0.1) is 0 Å². The zero-order valence-electron chi connectivity index (χ0n) is 17.4. The first-order chi connectivity index (χ1) is 15.9. The van der Waals surface area contributed by atoms with E-state index in [2.05, 4.69) is 5.32 Å². The van der Waals surface area contributed by atoms with Crippen LogP contribution in [0.3, 0.4) is 0 Å². The largest absolute Gasteiger partial charge is 0.495 e. The molecule has 0 unspecified atom stereocenters. The smallest absolute Gasteiger partial charge is 0.338 e. The fourth-order valence-corrected chi connectivity index (χ4v) is 3.75. The number of furan rings is 1. The van der Waals surface area contributed by atoms with Crippen LogP contribution in [0.25, 0.3) is 0 Å². The highest BCUT2D eigenvalue weighted by molar-refractivity contribution is 7.99. The summed E-state index contributed by atoms with van der Waals surface area (Å²) >= 11 is 13.1. The van der Waals surface area contributed by atoms with Gasteiger partial charge >= 0.3 is 5.97 Å². The average Bonchev–Trinajstić information content (AvgIpc) is 3.32. The van der Waals surface area contributed by atoms with Gasteiger partial charge in [0.25, 0.3) is 0 Å². The van der Waals surface area contributed by atoms with E-state index < -0.39 is 18.4 Å². The summed E-state index contributed by atoms with van der Waals surface area (Å²) in [6, 6.07) is 12.4. The molecule has 3 rings (SSSR count). The molecule has 3 aromatic rings. The van der Waals surface area contributed by atoms with E-state index in [9.17, 15) is 14.4 Å². The Labute approximate surface area is 204 Å². The van der Waals surface area contributed by atoms with Gasteiger partial charge in [0.15, 0.2) is 12.4 Å². The lowest BCUT2D eigenvalue weighted by Gasteiger charge is -2.12. The quantitative estimate of drug-likeness (QED) is 0.285. The van der Waals surface area contributed by atoms with Crippen LogP contribution < -0.4 is 10.1 Å². The molecule has 0 aliphatic heterocycles. The molecule has 1 amide bonds. The van der Waals surface area contributed by atoms with Crippen molar-refractivity contribution in [2.75, 3.05) is 24.8 Å². The number of hydrogen-bond donors (Lipinski definition) is 1. The molecule has 0 atom stereocenters. The number of amides is 1. The molecule has 0 aliphatic rings. The van der Waals surface area contributed by atoms with Crippen LogP contribution in [-0.4, -0.2) is 37.1 Å². The second-order valence-electron chi connectivity index (χ2n) is 6.66. The van der Waals surface area contributed by atoms with Crippen molar-refractivity contribution in [2.45, 2.75) is 5.75 Å². The number of Topliss-reactive ketones (excluding diaryl/α,β-unsaturated/α-hetero) is 1. The molecule has 1 N–H and O–H groups in total. The number of thioether (sulfide) groups is 1. The molecule has 0 saturated carbocycles. The summed E-state index contributed by atoms with van der Waals surface area (Å²) in [5, 5.41) is 3.27. The monoisotopic (exact) mass is 507 g/mol. The molecule has 0 aliphatic carbocycles. The third kappa shape index (κ3) is 7.02. The number of methoxy groups -OCH3 is 1. The van der Waals surface area contributed by atoms with Gasteiger partial charge in [-0.3, -0.25) is 9.59 Å². The zero-order chi connectivity index (χ0) is 23.8. The first-order valence-electron chi connectivity index (χ1n) is 9.60. The molecule has 0 spiro atoms. The summed E-state index contributed by atoms with van der Waals surface area (Å²) < 4.78 is 15.6. The topological polar surface area (TPSA) is 94.8 Å². The van der Waals surface area contributed by atoms with Gasteiger partial charge in [-0.15, -0.1) is 11.8 Å². The first-order valence-corrected chi connectivity index (χ1v) is 11.5. The van der Waals surface area contributed by atoms with Gasteiger partial charge in [0.2, 0.25) is 5.91 Å². The highest BCUT2D eigenvalue weighted by atomic mass is 35.5. The van der Waals surface area contributed by atoms with E-state index in [1.165, 1.54) is 55.3 Å². The van der Waals surface area contributed by atoms with E-state index >= 15 is 0 Å². The van der Waals surface area contributed by atoms with Gasteiger partial charge in [-0.1, -0.05) is 23.2 Å². The summed E-state index contributed by atoms with van der Waals surface area (Å²) in [5.41, 5.74) is 0.731. The lowest BCUT2D eigenvalue weighted by atomic mass is 10.1. The van der Waals surface area contributed by atoms with Gasteiger partial charge in [0.05, 0.1) is 46.2 Å². The van der Waals surface area contributed by atoms with Crippen molar-refractivity contribution in [2.24, 2.45) is 0 Å². The highest BCUT2D eigenvalue weighted by Gasteiger charge is 2.16. The molecule has 1 heterocycles. The molecule has 33 heavy (non-hydrogen) atoms. The minimum atomic E-state index is -0.728. The molecule has 7 nitrogen and oxygen atoms in total. The number of nitrogens with one attached hydrogen (secondary N) is 1. The number of anilines is 1. The van der Waals surface area contributed by atoms with Gasteiger partial charge in [-0.05, 0) is 48.5 Å². The van der Waals surface area contributed by atoms with Crippen LogP contribution in [-0.2, 0) is 15.3 Å². The predicted octanol–water partition coefficient (Wildman–Crippen LogP) is 5.51. The lowest BCUT2D eigenvalue weighted by Crippen LogP contribution is -2.17. The summed E-state index contributed by atoms with van der Waals surface area (Å²) in [7, 11) is 1.45. The van der Waals surface area contributed by atoms with Crippen molar-refractivity contribution in [3.05, 3.63) is 81.7 Å². The molecule has 0 fully saturated rings. The van der Waals surface area contributed by atoms with Crippen LogP contribution in [0.5, 0.6) is 5.75 Å². The maximum atomic E-state index is 12.5. The summed E-state index contributed by atoms with van der Waals surface area (Å²) in [6.45, 7) is -0.478. The van der Waals surface area contributed by atoms with Crippen LogP contribution in [0.4, 0.5) is 5.69 Å². The van der Waals surface area contributed by atoms with Crippen molar-refractivity contribution in [1.29, 1.82) is 0 Å². The lowest BCUT2D eigenvalue weighted by molar-refractivity contribution is -0.113. The Bertz CT molecular complexity index is 1150. The van der Waals surface area contributed by atoms with Crippen molar-refractivity contribution < 1.29 is 28.3 Å². The maximum Gasteiger partial charge on any atom is 0.338 e. The number of benzene rings is 2. The highest BCUT2D eigenvalue weighted by Crippen LogP contribution is 2.27. The number of esters is 1. The number of carbonyl (C=O) groups is 3. The Hall–Kier alpha value is -2.94. The molecule has 2 aromatic carbocycles. The maximum absolute atomic E-state index is 12.5. The third-order valence-corrected chi connectivity index (χ3v) is 6.04. The Morgan fingerprint density at radius 3 is 2.52 bits per heavy atom. The van der Waals surface area contributed by atoms with Crippen molar-refractivity contribution >= 4 is 58.3 Å². The SMILES string of the molecule is COc1ccc(C(=O)OCC(=O)c2ccc(Cl)c(Cl)c2)cc1NC(=O)CSCc1ccco1. The van der Waals surface area contributed by atoms with E-state index in [4.69, 9.17) is 37.1 Å². The van der Waals surface area contributed by atoms with Gasteiger partial charge in [0, 0.05) is 5.56 Å². The van der Waals surface area contributed by atoms with Crippen molar-refractivity contribution in [3.8, 4) is 5.75 Å². The standard InChI is InChI=1S/C23H19Cl2NO6S/c1-30-21-7-5-15(10-19(21)26-22(28)13-33-12-16-3-2-8-31-16)23(29)32-11-20(27)14-4-6-17(24)18(25)9-14/h2-10H,11-13H2,1H3,(H,26,28). The second-order valence-corrected chi connectivity index (χ2v) is 8.46. The van der Waals surface area contributed by atoms with E-state index in [-0.39, 0.29) is 27.8 Å². The van der Waals surface area contributed by atoms with E-state index in [0.717, 1.165) is 5.76 Å². The van der Waals surface area contributed by atoms with Crippen LogP contribution in [0.1, 0.15) is 26.5 Å². The fourth-order valence-electron chi connectivity index (χ4n) is 2.73. The molecule has 0 saturated heterocycles. The fraction of sp³-hybridized carbons (Fsp3) is 0.174.